The lowest BCUT2D eigenvalue weighted by atomic mass is 9.84. The first-order chi connectivity index (χ1) is 7.58. The number of nitrogen functional groups attached to an aromatic ring is 1. The Labute approximate surface area is 101 Å². The van der Waals surface area contributed by atoms with Crippen molar-refractivity contribution in [3.63, 3.8) is 0 Å². The van der Waals surface area contributed by atoms with E-state index in [9.17, 15) is 0 Å². The van der Waals surface area contributed by atoms with Gasteiger partial charge in [0.25, 0.3) is 0 Å². The van der Waals surface area contributed by atoms with Crippen LogP contribution in [0.3, 0.4) is 0 Å². The van der Waals surface area contributed by atoms with E-state index in [4.69, 9.17) is 5.73 Å². The Hall–Kier alpha value is -0.840. The molecule has 1 heterocycles. The van der Waals surface area contributed by atoms with Crippen LogP contribution in [0, 0.1) is 6.92 Å². The van der Waals surface area contributed by atoms with E-state index in [2.05, 4.69) is 16.7 Å². The minimum atomic E-state index is 0.421. The zero-order chi connectivity index (χ0) is 11.8. The molecule has 2 rings (SSSR count). The maximum Gasteiger partial charge on any atom is 0.147 e. The van der Waals surface area contributed by atoms with Crippen molar-refractivity contribution in [2.24, 2.45) is 7.05 Å². The van der Waals surface area contributed by atoms with Gasteiger partial charge in [0.15, 0.2) is 0 Å². The zero-order valence-electron chi connectivity index (χ0n) is 10.2. The number of nitrogens with two attached hydrogens (primary N) is 1. The number of nitrogens with zero attached hydrogens (tertiary/aromatic N) is 2. The highest BCUT2D eigenvalue weighted by Gasteiger charge is 2.36. The SMILES string of the molecule is CSC1(CNc2c(N)c(C)nn2C)CCC1. The van der Waals surface area contributed by atoms with Crippen LogP contribution in [0.15, 0.2) is 0 Å². The maximum absolute atomic E-state index is 5.98. The third-order valence-corrected chi connectivity index (χ3v) is 4.96. The molecule has 1 aliphatic rings. The summed E-state index contributed by atoms with van der Waals surface area (Å²) in [5.74, 6) is 0.956. The molecule has 1 saturated carbocycles. The van der Waals surface area contributed by atoms with Gasteiger partial charge < -0.3 is 11.1 Å². The zero-order valence-corrected chi connectivity index (χ0v) is 11.0. The van der Waals surface area contributed by atoms with Crippen LogP contribution in [0.4, 0.5) is 11.5 Å². The number of hydrogen-bond donors (Lipinski definition) is 2. The Morgan fingerprint density at radius 3 is 2.62 bits per heavy atom. The standard InChI is InChI=1S/C11H20N4S/c1-8-9(12)10(15(2)14-8)13-7-11(16-3)5-4-6-11/h13H,4-7,12H2,1-3H3. The molecule has 0 spiro atoms. The van der Waals surface area contributed by atoms with E-state index in [0.29, 0.717) is 4.75 Å². The van der Waals surface area contributed by atoms with Crippen molar-refractivity contribution in [3.05, 3.63) is 5.69 Å². The summed E-state index contributed by atoms with van der Waals surface area (Å²) in [5.41, 5.74) is 7.66. The van der Waals surface area contributed by atoms with Gasteiger partial charge in [-0.25, -0.2) is 0 Å². The lowest BCUT2D eigenvalue weighted by Gasteiger charge is -2.40. The van der Waals surface area contributed by atoms with Crippen LogP contribution in [0.25, 0.3) is 0 Å². The molecule has 0 unspecified atom stereocenters. The molecule has 1 fully saturated rings. The Kier molecular flexibility index (Phi) is 3.06. The Bertz CT molecular complexity index is 376. The average Bonchev–Trinajstić information content (AvgIpc) is 2.43. The van der Waals surface area contributed by atoms with Gasteiger partial charge in [-0.05, 0) is 26.0 Å². The summed E-state index contributed by atoms with van der Waals surface area (Å²) < 4.78 is 2.25. The van der Waals surface area contributed by atoms with Crippen molar-refractivity contribution in [3.8, 4) is 0 Å². The van der Waals surface area contributed by atoms with Gasteiger partial charge in [-0.3, -0.25) is 4.68 Å². The molecule has 0 radical (unpaired) electrons. The molecule has 1 aromatic rings. The topological polar surface area (TPSA) is 55.9 Å². The summed E-state index contributed by atoms with van der Waals surface area (Å²) in [6.45, 7) is 2.92. The fourth-order valence-electron chi connectivity index (χ4n) is 2.15. The molecule has 0 bridgehead atoms. The van der Waals surface area contributed by atoms with E-state index >= 15 is 0 Å². The first kappa shape index (κ1) is 11.6. The number of anilines is 2. The van der Waals surface area contributed by atoms with Crippen LogP contribution < -0.4 is 11.1 Å². The van der Waals surface area contributed by atoms with Crippen molar-refractivity contribution in [2.45, 2.75) is 30.9 Å². The van der Waals surface area contributed by atoms with E-state index in [-0.39, 0.29) is 0 Å². The molecule has 90 valence electrons. The van der Waals surface area contributed by atoms with Crippen LogP contribution in [-0.4, -0.2) is 27.3 Å². The van der Waals surface area contributed by atoms with Gasteiger partial charge in [-0.1, -0.05) is 6.42 Å². The van der Waals surface area contributed by atoms with Crippen LogP contribution in [0.1, 0.15) is 25.0 Å². The second kappa shape index (κ2) is 4.20. The monoisotopic (exact) mass is 240 g/mol. The van der Waals surface area contributed by atoms with Gasteiger partial charge in [0.2, 0.25) is 0 Å². The average molecular weight is 240 g/mol. The van der Waals surface area contributed by atoms with Gasteiger partial charge in [0.1, 0.15) is 5.82 Å². The quantitative estimate of drug-likeness (QED) is 0.845. The number of nitrogens with one attached hydrogen (secondary N) is 1. The summed E-state index contributed by atoms with van der Waals surface area (Å²) in [6, 6.07) is 0. The van der Waals surface area contributed by atoms with E-state index < -0.39 is 0 Å². The van der Waals surface area contributed by atoms with Gasteiger partial charge in [0, 0.05) is 18.3 Å². The van der Waals surface area contributed by atoms with Crippen LogP contribution in [-0.2, 0) is 7.05 Å². The Morgan fingerprint density at radius 2 is 2.25 bits per heavy atom. The second-order valence-corrected chi connectivity index (χ2v) is 5.84. The molecule has 16 heavy (non-hydrogen) atoms. The Balaban J connectivity index is 2.04. The van der Waals surface area contributed by atoms with Gasteiger partial charge in [-0.15, -0.1) is 0 Å². The molecule has 0 aromatic carbocycles. The molecule has 5 heteroatoms. The second-order valence-electron chi connectivity index (χ2n) is 4.57. The molecule has 4 nitrogen and oxygen atoms in total. The predicted molar refractivity (Wildman–Crippen MR) is 70.9 cm³/mol. The van der Waals surface area contributed by atoms with Crippen molar-refractivity contribution in [1.82, 2.24) is 9.78 Å². The highest BCUT2D eigenvalue weighted by molar-refractivity contribution is 8.00. The maximum atomic E-state index is 5.98. The lowest BCUT2D eigenvalue weighted by Crippen LogP contribution is -2.40. The molecule has 0 aliphatic heterocycles. The smallest absolute Gasteiger partial charge is 0.147 e. The van der Waals surface area contributed by atoms with Gasteiger partial charge in [-0.2, -0.15) is 16.9 Å². The minimum absolute atomic E-state index is 0.421. The minimum Gasteiger partial charge on any atom is -0.394 e. The number of aromatic nitrogens is 2. The number of hydrogen-bond acceptors (Lipinski definition) is 4. The lowest BCUT2D eigenvalue weighted by molar-refractivity contribution is 0.379. The highest BCUT2D eigenvalue weighted by atomic mass is 32.2. The molecular formula is C11H20N4S. The number of rotatable bonds is 4. The van der Waals surface area contributed by atoms with Gasteiger partial charge >= 0.3 is 0 Å². The molecule has 0 amide bonds. The molecule has 1 aromatic heterocycles. The third-order valence-electron chi connectivity index (χ3n) is 3.54. The van der Waals surface area contributed by atoms with Gasteiger partial charge in [0.05, 0.1) is 11.4 Å². The van der Waals surface area contributed by atoms with Crippen molar-refractivity contribution >= 4 is 23.3 Å². The van der Waals surface area contributed by atoms with Crippen molar-refractivity contribution in [1.29, 1.82) is 0 Å². The summed E-state index contributed by atoms with van der Waals surface area (Å²) in [5, 5.41) is 7.75. The summed E-state index contributed by atoms with van der Waals surface area (Å²) in [6.07, 6.45) is 6.15. The predicted octanol–water partition coefficient (Wildman–Crippen LogP) is 2.01. The summed E-state index contributed by atoms with van der Waals surface area (Å²) in [7, 11) is 1.93. The fourth-order valence-corrected chi connectivity index (χ4v) is 3.07. The fraction of sp³-hybridized carbons (Fsp3) is 0.727. The number of thioether (sulfide) groups is 1. The van der Waals surface area contributed by atoms with Crippen LogP contribution in [0.2, 0.25) is 0 Å². The number of aryl methyl sites for hydroxylation is 2. The first-order valence-corrected chi connectivity index (χ1v) is 6.88. The van der Waals surface area contributed by atoms with E-state index in [1.165, 1.54) is 19.3 Å². The molecule has 1 aliphatic carbocycles. The largest absolute Gasteiger partial charge is 0.394 e. The summed E-state index contributed by atoms with van der Waals surface area (Å²) in [4.78, 5) is 0. The van der Waals surface area contributed by atoms with Crippen LogP contribution >= 0.6 is 11.8 Å². The molecule has 0 atom stereocenters. The van der Waals surface area contributed by atoms with Crippen LogP contribution in [0.5, 0.6) is 0 Å². The summed E-state index contributed by atoms with van der Waals surface area (Å²) >= 11 is 1.96. The van der Waals surface area contributed by atoms with E-state index in [1.807, 2.05) is 30.4 Å². The van der Waals surface area contributed by atoms with E-state index in [1.54, 1.807) is 0 Å². The van der Waals surface area contributed by atoms with Crippen molar-refractivity contribution < 1.29 is 0 Å². The van der Waals surface area contributed by atoms with Crippen molar-refractivity contribution in [2.75, 3.05) is 23.9 Å². The molecular weight excluding hydrogens is 220 g/mol. The molecule has 3 N–H and O–H groups in total. The third kappa shape index (κ3) is 1.88. The normalized spacial score (nSPS) is 18.2. The first-order valence-electron chi connectivity index (χ1n) is 5.66. The molecule has 0 saturated heterocycles. The Morgan fingerprint density at radius 1 is 1.56 bits per heavy atom. The van der Waals surface area contributed by atoms with E-state index in [0.717, 1.165) is 23.7 Å². The highest BCUT2D eigenvalue weighted by Crippen LogP contribution is 2.43.